The normalized spacial score (nSPS) is 10.2. The predicted octanol–water partition coefficient (Wildman–Crippen LogP) is 1.32. The van der Waals surface area contributed by atoms with Crippen LogP contribution in [0.1, 0.15) is 10.4 Å². The SMILES string of the molecule is COc1ccc(NC(=O)c2cccc(-n3cnnn3)c2)cn1. The molecule has 2 heterocycles. The van der Waals surface area contributed by atoms with Gasteiger partial charge in [-0.1, -0.05) is 6.07 Å². The van der Waals surface area contributed by atoms with Crippen LogP contribution >= 0.6 is 0 Å². The van der Waals surface area contributed by atoms with Crippen molar-refractivity contribution in [2.45, 2.75) is 0 Å². The van der Waals surface area contributed by atoms with Gasteiger partial charge < -0.3 is 10.1 Å². The summed E-state index contributed by atoms with van der Waals surface area (Å²) in [6.07, 6.45) is 2.99. The molecule has 110 valence electrons. The van der Waals surface area contributed by atoms with Crippen LogP contribution < -0.4 is 10.1 Å². The molecule has 3 rings (SSSR count). The summed E-state index contributed by atoms with van der Waals surface area (Å²) < 4.78 is 6.45. The monoisotopic (exact) mass is 296 g/mol. The smallest absolute Gasteiger partial charge is 0.255 e. The maximum absolute atomic E-state index is 12.3. The number of nitrogens with one attached hydrogen (secondary N) is 1. The first-order chi connectivity index (χ1) is 10.8. The summed E-state index contributed by atoms with van der Waals surface area (Å²) in [6, 6.07) is 10.4. The van der Waals surface area contributed by atoms with Crippen LogP contribution in [0.5, 0.6) is 5.88 Å². The number of hydrogen-bond acceptors (Lipinski definition) is 6. The van der Waals surface area contributed by atoms with Gasteiger partial charge in [-0.3, -0.25) is 4.79 Å². The maximum Gasteiger partial charge on any atom is 0.255 e. The molecule has 0 fully saturated rings. The fourth-order valence-corrected chi connectivity index (χ4v) is 1.85. The van der Waals surface area contributed by atoms with Gasteiger partial charge in [0.15, 0.2) is 0 Å². The number of aromatic nitrogens is 5. The zero-order valence-electron chi connectivity index (χ0n) is 11.7. The van der Waals surface area contributed by atoms with Crippen molar-refractivity contribution in [3.63, 3.8) is 0 Å². The van der Waals surface area contributed by atoms with E-state index in [1.54, 1.807) is 30.3 Å². The lowest BCUT2D eigenvalue weighted by atomic mass is 10.2. The average molecular weight is 296 g/mol. The van der Waals surface area contributed by atoms with Crippen molar-refractivity contribution in [2.75, 3.05) is 12.4 Å². The van der Waals surface area contributed by atoms with Gasteiger partial charge in [0.25, 0.3) is 5.91 Å². The molecule has 0 aliphatic carbocycles. The minimum absolute atomic E-state index is 0.248. The van der Waals surface area contributed by atoms with Gasteiger partial charge in [0.1, 0.15) is 6.33 Å². The third-order valence-corrected chi connectivity index (χ3v) is 2.93. The fraction of sp³-hybridized carbons (Fsp3) is 0.0714. The van der Waals surface area contributed by atoms with E-state index in [9.17, 15) is 4.79 Å². The van der Waals surface area contributed by atoms with Gasteiger partial charge in [0, 0.05) is 11.6 Å². The van der Waals surface area contributed by atoms with Crippen molar-refractivity contribution in [3.8, 4) is 11.6 Å². The molecule has 1 aromatic carbocycles. The number of rotatable bonds is 4. The molecular weight excluding hydrogens is 284 g/mol. The molecule has 1 N–H and O–H groups in total. The van der Waals surface area contributed by atoms with E-state index in [0.717, 1.165) is 0 Å². The van der Waals surface area contributed by atoms with Gasteiger partial charge in [0.05, 0.1) is 24.7 Å². The number of pyridine rings is 1. The predicted molar refractivity (Wildman–Crippen MR) is 77.9 cm³/mol. The van der Waals surface area contributed by atoms with Crippen molar-refractivity contribution in [3.05, 3.63) is 54.5 Å². The molecule has 22 heavy (non-hydrogen) atoms. The third-order valence-electron chi connectivity index (χ3n) is 2.93. The fourth-order valence-electron chi connectivity index (χ4n) is 1.85. The number of methoxy groups -OCH3 is 1. The van der Waals surface area contributed by atoms with Crippen molar-refractivity contribution in [2.24, 2.45) is 0 Å². The van der Waals surface area contributed by atoms with Crippen LogP contribution in [0.15, 0.2) is 48.9 Å². The van der Waals surface area contributed by atoms with Crippen molar-refractivity contribution in [1.29, 1.82) is 0 Å². The number of amides is 1. The van der Waals surface area contributed by atoms with Gasteiger partial charge in [-0.05, 0) is 34.7 Å². The summed E-state index contributed by atoms with van der Waals surface area (Å²) in [5.74, 6) is 0.237. The number of nitrogens with zero attached hydrogens (tertiary/aromatic N) is 5. The van der Waals surface area contributed by atoms with Crippen LogP contribution in [0.4, 0.5) is 5.69 Å². The summed E-state index contributed by atoms with van der Waals surface area (Å²) >= 11 is 0. The van der Waals surface area contributed by atoms with E-state index in [0.29, 0.717) is 22.8 Å². The molecule has 0 aliphatic heterocycles. The standard InChI is InChI=1S/C14H12N6O2/c1-22-13-6-5-11(8-15-13)17-14(21)10-3-2-4-12(7-10)20-9-16-18-19-20/h2-9H,1H3,(H,17,21). The highest BCUT2D eigenvalue weighted by Gasteiger charge is 2.08. The van der Waals surface area contributed by atoms with E-state index in [1.165, 1.54) is 24.3 Å². The number of anilines is 1. The van der Waals surface area contributed by atoms with Gasteiger partial charge >= 0.3 is 0 Å². The largest absolute Gasteiger partial charge is 0.481 e. The Morgan fingerprint density at radius 3 is 2.86 bits per heavy atom. The number of ether oxygens (including phenoxy) is 1. The van der Waals surface area contributed by atoms with E-state index in [-0.39, 0.29) is 5.91 Å². The van der Waals surface area contributed by atoms with Crippen LogP contribution in [0, 0.1) is 0 Å². The van der Waals surface area contributed by atoms with Gasteiger partial charge in [-0.15, -0.1) is 5.10 Å². The summed E-state index contributed by atoms with van der Waals surface area (Å²) in [7, 11) is 1.53. The molecule has 8 nitrogen and oxygen atoms in total. The number of hydrogen-bond donors (Lipinski definition) is 1. The Hall–Kier alpha value is -3.29. The van der Waals surface area contributed by atoms with Crippen molar-refractivity contribution >= 4 is 11.6 Å². The molecule has 0 saturated heterocycles. The van der Waals surface area contributed by atoms with E-state index in [4.69, 9.17) is 4.74 Å². The molecule has 0 spiro atoms. The molecule has 8 heteroatoms. The van der Waals surface area contributed by atoms with E-state index in [2.05, 4.69) is 25.8 Å². The quantitative estimate of drug-likeness (QED) is 0.780. The van der Waals surface area contributed by atoms with E-state index < -0.39 is 0 Å². The molecule has 1 amide bonds. The Labute approximate surface area is 125 Å². The Bertz CT molecular complexity index is 770. The molecule has 0 bridgehead atoms. The summed E-state index contributed by atoms with van der Waals surface area (Å²) in [5, 5.41) is 13.7. The molecule has 3 aromatic rings. The van der Waals surface area contributed by atoms with E-state index in [1.807, 2.05) is 6.07 Å². The van der Waals surface area contributed by atoms with Crippen LogP contribution in [0.3, 0.4) is 0 Å². The molecule has 0 radical (unpaired) electrons. The highest BCUT2D eigenvalue weighted by molar-refractivity contribution is 6.04. The first-order valence-electron chi connectivity index (χ1n) is 6.41. The molecule has 0 aliphatic rings. The first kappa shape index (κ1) is 13.7. The number of carbonyl (C=O) groups is 1. The summed E-state index contributed by atoms with van der Waals surface area (Å²) in [5.41, 5.74) is 1.77. The van der Waals surface area contributed by atoms with Gasteiger partial charge in [-0.2, -0.15) is 0 Å². The molecule has 0 unspecified atom stereocenters. The number of benzene rings is 1. The first-order valence-corrected chi connectivity index (χ1v) is 6.41. The lowest BCUT2D eigenvalue weighted by Crippen LogP contribution is -2.12. The van der Waals surface area contributed by atoms with Crippen molar-refractivity contribution < 1.29 is 9.53 Å². The molecular formula is C14H12N6O2. The second-order valence-electron chi connectivity index (χ2n) is 4.35. The summed E-state index contributed by atoms with van der Waals surface area (Å²) in [4.78, 5) is 16.3. The van der Waals surface area contributed by atoms with Crippen LogP contribution in [0.2, 0.25) is 0 Å². The maximum atomic E-state index is 12.3. The minimum Gasteiger partial charge on any atom is -0.481 e. The molecule has 0 saturated carbocycles. The lowest BCUT2D eigenvalue weighted by molar-refractivity contribution is 0.102. The average Bonchev–Trinajstić information content (AvgIpc) is 3.10. The Kier molecular flexibility index (Phi) is 3.73. The molecule has 2 aromatic heterocycles. The highest BCUT2D eigenvalue weighted by atomic mass is 16.5. The number of carbonyl (C=O) groups excluding carboxylic acids is 1. The van der Waals surface area contributed by atoms with E-state index >= 15 is 0 Å². The lowest BCUT2D eigenvalue weighted by Gasteiger charge is -2.07. The minimum atomic E-state index is -0.248. The Morgan fingerprint density at radius 1 is 1.27 bits per heavy atom. The summed E-state index contributed by atoms with van der Waals surface area (Å²) in [6.45, 7) is 0. The van der Waals surface area contributed by atoms with Gasteiger partial charge in [0.2, 0.25) is 5.88 Å². The zero-order chi connectivity index (χ0) is 15.4. The van der Waals surface area contributed by atoms with Crippen LogP contribution in [0.25, 0.3) is 5.69 Å². The molecule has 0 atom stereocenters. The van der Waals surface area contributed by atoms with Gasteiger partial charge in [-0.25, -0.2) is 9.67 Å². The topological polar surface area (TPSA) is 94.8 Å². The highest BCUT2D eigenvalue weighted by Crippen LogP contribution is 2.14. The third kappa shape index (κ3) is 2.90. The Balaban J connectivity index is 1.78. The van der Waals surface area contributed by atoms with Crippen LogP contribution in [-0.4, -0.2) is 38.2 Å². The zero-order valence-corrected chi connectivity index (χ0v) is 11.7. The van der Waals surface area contributed by atoms with Crippen LogP contribution in [-0.2, 0) is 0 Å². The number of tetrazole rings is 1. The second kappa shape index (κ2) is 6.00. The van der Waals surface area contributed by atoms with Crippen molar-refractivity contribution in [1.82, 2.24) is 25.2 Å². The second-order valence-corrected chi connectivity index (χ2v) is 4.35. The Morgan fingerprint density at radius 2 is 2.18 bits per heavy atom.